The Morgan fingerprint density at radius 3 is 2.52 bits per heavy atom. The molecular formula is C25H27N3O3. The van der Waals surface area contributed by atoms with Crippen LogP contribution in [0.1, 0.15) is 58.4 Å². The van der Waals surface area contributed by atoms with Crippen molar-refractivity contribution in [3.05, 3.63) is 82.1 Å². The van der Waals surface area contributed by atoms with Gasteiger partial charge in [0, 0.05) is 12.7 Å². The van der Waals surface area contributed by atoms with Crippen molar-refractivity contribution in [1.29, 1.82) is 5.26 Å². The first kappa shape index (κ1) is 22.1. The second-order valence-corrected chi connectivity index (χ2v) is 7.67. The molecule has 31 heavy (non-hydrogen) atoms. The summed E-state index contributed by atoms with van der Waals surface area (Å²) in [7, 11) is 1.34. The maximum absolute atomic E-state index is 12.5. The molecule has 0 aliphatic heterocycles. The second-order valence-electron chi connectivity index (χ2n) is 7.67. The number of hydrogen-bond acceptors (Lipinski definition) is 5. The molecule has 160 valence electrons. The molecule has 0 aromatic heterocycles. The molecule has 0 spiro atoms. The Morgan fingerprint density at radius 2 is 1.84 bits per heavy atom. The van der Waals surface area contributed by atoms with Crippen molar-refractivity contribution < 1.29 is 14.3 Å². The van der Waals surface area contributed by atoms with Crippen molar-refractivity contribution in [2.24, 2.45) is 0 Å². The van der Waals surface area contributed by atoms with Crippen LogP contribution in [0.25, 0.3) is 0 Å². The van der Waals surface area contributed by atoms with Gasteiger partial charge in [0.25, 0.3) is 5.91 Å². The molecule has 1 unspecified atom stereocenters. The van der Waals surface area contributed by atoms with E-state index in [1.165, 1.54) is 37.3 Å². The molecule has 2 N–H and O–H groups in total. The first-order chi connectivity index (χ1) is 15.0. The van der Waals surface area contributed by atoms with Crippen LogP contribution in [0.5, 0.6) is 0 Å². The lowest BCUT2D eigenvalue weighted by Gasteiger charge is -2.20. The van der Waals surface area contributed by atoms with Crippen molar-refractivity contribution in [2.75, 3.05) is 7.11 Å². The highest BCUT2D eigenvalue weighted by Gasteiger charge is 2.16. The lowest BCUT2D eigenvalue weighted by Crippen LogP contribution is -2.28. The van der Waals surface area contributed by atoms with Gasteiger partial charge in [0.15, 0.2) is 0 Å². The Kier molecular flexibility index (Phi) is 7.45. The molecule has 3 rings (SSSR count). The molecule has 1 amide bonds. The minimum absolute atomic E-state index is 0.0102. The van der Waals surface area contributed by atoms with E-state index in [0.717, 1.165) is 24.0 Å². The van der Waals surface area contributed by atoms with Gasteiger partial charge in [0.2, 0.25) is 0 Å². The lowest BCUT2D eigenvalue weighted by atomic mass is 9.89. The predicted octanol–water partition coefficient (Wildman–Crippen LogP) is 3.73. The van der Waals surface area contributed by atoms with Gasteiger partial charge in [0.05, 0.1) is 18.7 Å². The number of aryl methyl sites for hydroxylation is 2. The van der Waals surface area contributed by atoms with Crippen LogP contribution in [-0.2, 0) is 28.9 Å². The van der Waals surface area contributed by atoms with E-state index in [1.54, 1.807) is 24.3 Å². The number of benzene rings is 2. The third-order valence-electron chi connectivity index (χ3n) is 5.51. The first-order valence-electron chi connectivity index (χ1n) is 10.4. The average Bonchev–Trinajstić information content (AvgIpc) is 2.81. The van der Waals surface area contributed by atoms with E-state index in [2.05, 4.69) is 33.6 Å². The highest BCUT2D eigenvalue weighted by Crippen LogP contribution is 2.24. The van der Waals surface area contributed by atoms with Crippen molar-refractivity contribution in [2.45, 2.75) is 45.2 Å². The van der Waals surface area contributed by atoms with Gasteiger partial charge in [-0.15, -0.1) is 0 Å². The molecule has 0 heterocycles. The zero-order chi connectivity index (χ0) is 22.2. The SMILES string of the molecule is COC(=O)c1ccc(CN/C=C(/C#N)C(=O)NC(C)c2ccc3c(c2)CCCC3)cc1. The van der Waals surface area contributed by atoms with Gasteiger partial charge in [-0.2, -0.15) is 5.26 Å². The smallest absolute Gasteiger partial charge is 0.337 e. The highest BCUT2D eigenvalue weighted by molar-refractivity contribution is 5.97. The fourth-order valence-electron chi connectivity index (χ4n) is 3.68. The fraction of sp³-hybridized carbons (Fsp3) is 0.320. The van der Waals surface area contributed by atoms with Crippen LogP contribution >= 0.6 is 0 Å². The van der Waals surface area contributed by atoms with Gasteiger partial charge in [-0.25, -0.2) is 4.79 Å². The van der Waals surface area contributed by atoms with Gasteiger partial charge in [-0.05, 0) is 67.0 Å². The minimum Gasteiger partial charge on any atom is -0.465 e. The van der Waals surface area contributed by atoms with E-state index in [9.17, 15) is 14.9 Å². The molecule has 2 aromatic rings. The number of rotatable bonds is 7. The summed E-state index contributed by atoms with van der Waals surface area (Å²) >= 11 is 0. The topological polar surface area (TPSA) is 91.2 Å². The minimum atomic E-state index is -0.416. The normalized spacial score (nSPS) is 14.0. The zero-order valence-electron chi connectivity index (χ0n) is 17.9. The van der Waals surface area contributed by atoms with Gasteiger partial charge >= 0.3 is 5.97 Å². The van der Waals surface area contributed by atoms with Crippen molar-refractivity contribution in [1.82, 2.24) is 10.6 Å². The Balaban J connectivity index is 1.57. The fourth-order valence-corrected chi connectivity index (χ4v) is 3.68. The van der Waals surface area contributed by atoms with E-state index in [1.807, 2.05) is 13.0 Å². The van der Waals surface area contributed by atoms with E-state index in [0.29, 0.717) is 12.1 Å². The number of ether oxygens (including phenoxy) is 1. The second kappa shape index (κ2) is 10.4. The molecule has 1 aliphatic carbocycles. The predicted molar refractivity (Wildman–Crippen MR) is 118 cm³/mol. The average molecular weight is 418 g/mol. The molecule has 2 aromatic carbocycles. The van der Waals surface area contributed by atoms with Crippen LogP contribution in [-0.4, -0.2) is 19.0 Å². The molecule has 0 bridgehead atoms. The van der Waals surface area contributed by atoms with Crippen LogP contribution in [0.2, 0.25) is 0 Å². The lowest BCUT2D eigenvalue weighted by molar-refractivity contribution is -0.117. The number of fused-ring (bicyclic) bond motifs is 1. The van der Waals surface area contributed by atoms with Gasteiger partial charge in [0.1, 0.15) is 11.6 Å². The van der Waals surface area contributed by atoms with E-state index in [4.69, 9.17) is 0 Å². The maximum Gasteiger partial charge on any atom is 0.337 e. The van der Waals surface area contributed by atoms with Crippen LogP contribution in [0.15, 0.2) is 54.2 Å². The molecule has 0 saturated carbocycles. The third kappa shape index (κ3) is 5.73. The van der Waals surface area contributed by atoms with E-state index in [-0.39, 0.29) is 11.6 Å². The number of nitriles is 1. The molecule has 6 nitrogen and oxygen atoms in total. The summed E-state index contributed by atoms with van der Waals surface area (Å²) in [6.45, 7) is 2.34. The summed E-state index contributed by atoms with van der Waals surface area (Å²) in [4.78, 5) is 24.0. The van der Waals surface area contributed by atoms with Crippen molar-refractivity contribution >= 4 is 11.9 Å². The molecule has 1 atom stereocenters. The Bertz CT molecular complexity index is 1020. The standard InChI is InChI=1S/C25H27N3O3/c1-17(21-12-11-19-5-3-4-6-22(19)13-21)28-24(29)23(14-26)16-27-15-18-7-9-20(10-8-18)25(30)31-2/h7-13,16-17,27H,3-6,15H2,1-2H3,(H,28,29)/b23-16-. The zero-order valence-corrected chi connectivity index (χ0v) is 17.9. The van der Waals surface area contributed by atoms with E-state index >= 15 is 0 Å². The Morgan fingerprint density at radius 1 is 1.13 bits per heavy atom. The molecular weight excluding hydrogens is 390 g/mol. The summed E-state index contributed by atoms with van der Waals surface area (Å²) in [5, 5.41) is 15.3. The number of esters is 1. The molecule has 0 saturated heterocycles. The first-order valence-corrected chi connectivity index (χ1v) is 10.4. The molecule has 1 aliphatic rings. The summed E-state index contributed by atoms with van der Waals surface area (Å²) in [6.07, 6.45) is 6.06. The number of amides is 1. The summed E-state index contributed by atoms with van der Waals surface area (Å²) < 4.78 is 4.68. The van der Waals surface area contributed by atoms with Crippen LogP contribution in [0.3, 0.4) is 0 Å². The summed E-state index contributed by atoms with van der Waals surface area (Å²) in [5.74, 6) is -0.808. The number of carbonyl (C=O) groups excluding carboxylic acids is 2. The van der Waals surface area contributed by atoms with Crippen LogP contribution in [0, 0.1) is 11.3 Å². The van der Waals surface area contributed by atoms with Crippen molar-refractivity contribution in [3.63, 3.8) is 0 Å². The number of hydrogen-bond donors (Lipinski definition) is 2. The quantitative estimate of drug-likeness (QED) is 0.407. The van der Waals surface area contributed by atoms with Gasteiger partial charge in [-0.1, -0.05) is 30.3 Å². The number of nitrogens with zero attached hydrogens (tertiary/aromatic N) is 1. The number of methoxy groups -OCH3 is 1. The largest absolute Gasteiger partial charge is 0.465 e. The molecule has 0 radical (unpaired) electrons. The van der Waals surface area contributed by atoms with Gasteiger partial charge in [-0.3, -0.25) is 4.79 Å². The van der Waals surface area contributed by atoms with Crippen LogP contribution in [0.4, 0.5) is 0 Å². The van der Waals surface area contributed by atoms with Gasteiger partial charge < -0.3 is 15.4 Å². The maximum atomic E-state index is 12.5. The number of nitrogens with one attached hydrogen (secondary N) is 2. The monoisotopic (exact) mass is 417 g/mol. The third-order valence-corrected chi connectivity index (χ3v) is 5.51. The highest BCUT2D eigenvalue weighted by atomic mass is 16.5. The van der Waals surface area contributed by atoms with Crippen LogP contribution < -0.4 is 10.6 Å². The Hall–Kier alpha value is -3.59. The van der Waals surface area contributed by atoms with E-state index < -0.39 is 11.9 Å². The number of carbonyl (C=O) groups is 2. The summed E-state index contributed by atoms with van der Waals surface area (Å²) in [5.41, 5.74) is 5.19. The summed E-state index contributed by atoms with van der Waals surface area (Å²) in [6, 6.07) is 15.1. The Labute approximate surface area is 182 Å². The van der Waals surface area contributed by atoms with Crippen molar-refractivity contribution in [3.8, 4) is 6.07 Å². The molecule has 0 fully saturated rings. The molecule has 6 heteroatoms.